The van der Waals surface area contributed by atoms with Gasteiger partial charge in [-0.25, -0.2) is 19.2 Å². The van der Waals surface area contributed by atoms with Crippen molar-refractivity contribution in [1.82, 2.24) is 0 Å². The molecule has 3 aromatic carbocycles. The average Bonchev–Trinajstić information content (AvgIpc) is 3.05. The maximum atomic E-state index is 12.7. The van der Waals surface area contributed by atoms with Crippen LogP contribution in [0.3, 0.4) is 0 Å². The summed E-state index contributed by atoms with van der Waals surface area (Å²) in [6.45, 7) is 7.63. The average molecular weight is 600 g/mol. The zero-order valence-corrected chi connectivity index (χ0v) is 23.7. The molecule has 0 aliphatic carbocycles. The smallest absolute Gasteiger partial charge is 0.343 e. The van der Waals surface area contributed by atoms with Crippen LogP contribution in [0.1, 0.15) is 39.1 Å². The number of nitrogens with zero attached hydrogens (tertiary/aromatic N) is 1. The van der Waals surface area contributed by atoms with Gasteiger partial charge in [0.15, 0.2) is 0 Å². The van der Waals surface area contributed by atoms with Crippen LogP contribution >= 0.6 is 0 Å². The van der Waals surface area contributed by atoms with Crippen LogP contribution in [-0.4, -0.2) is 50.3 Å². The number of benzene rings is 3. The van der Waals surface area contributed by atoms with Gasteiger partial charge in [0.05, 0.1) is 43.1 Å². The summed E-state index contributed by atoms with van der Waals surface area (Å²) < 4.78 is 31.6. The van der Waals surface area contributed by atoms with E-state index in [9.17, 15) is 24.4 Å². The highest BCUT2D eigenvalue weighted by Crippen LogP contribution is 2.26. The molecule has 44 heavy (non-hydrogen) atoms. The molecule has 0 saturated heterocycles. The van der Waals surface area contributed by atoms with Gasteiger partial charge in [-0.05, 0) is 60.7 Å². The Morgan fingerprint density at radius 2 is 1.09 bits per heavy atom. The van der Waals surface area contributed by atoms with Crippen LogP contribution in [0.5, 0.6) is 23.0 Å². The van der Waals surface area contributed by atoms with E-state index in [1.807, 2.05) is 6.07 Å². The topological polar surface area (TPSA) is 147 Å². The van der Waals surface area contributed by atoms with Crippen molar-refractivity contribution < 1.29 is 47.6 Å². The molecule has 0 saturated carbocycles. The highest BCUT2D eigenvalue weighted by molar-refractivity contribution is 5.92. The maximum Gasteiger partial charge on any atom is 0.343 e. The lowest BCUT2D eigenvalue weighted by molar-refractivity contribution is -0.138. The molecule has 11 nitrogen and oxygen atoms in total. The number of carbonyl (C=O) groups excluding carboxylic acids is 4. The zero-order valence-electron chi connectivity index (χ0n) is 23.7. The van der Waals surface area contributed by atoms with Crippen LogP contribution in [0.4, 0.5) is 0 Å². The molecular formula is C33H29NO10. The molecule has 0 amide bonds. The molecular weight excluding hydrogens is 570 g/mol. The van der Waals surface area contributed by atoms with Crippen molar-refractivity contribution in [3.63, 3.8) is 0 Å². The van der Waals surface area contributed by atoms with E-state index in [0.29, 0.717) is 37.6 Å². The van der Waals surface area contributed by atoms with Crippen LogP contribution in [0, 0.1) is 11.3 Å². The Morgan fingerprint density at radius 1 is 0.636 bits per heavy atom. The largest absolute Gasteiger partial charge is 0.493 e. The number of hydrogen-bond donors (Lipinski definition) is 0. The number of rotatable bonds is 16. The van der Waals surface area contributed by atoms with Crippen molar-refractivity contribution in [2.24, 2.45) is 0 Å². The molecule has 0 radical (unpaired) electrons. The molecule has 0 spiro atoms. The highest BCUT2D eigenvalue weighted by Gasteiger charge is 2.15. The number of carbonyl (C=O) groups is 4. The first kappa shape index (κ1) is 32.6. The molecule has 0 heterocycles. The monoisotopic (exact) mass is 599 g/mol. The summed E-state index contributed by atoms with van der Waals surface area (Å²) >= 11 is 0. The Hall–Kier alpha value is -5.89. The van der Waals surface area contributed by atoms with Gasteiger partial charge in [0, 0.05) is 31.1 Å². The lowest BCUT2D eigenvalue weighted by Gasteiger charge is -2.10. The lowest BCUT2D eigenvalue weighted by Crippen LogP contribution is -2.11. The summed E-state index contributed by atoms with van der Waals surface area (Å²) in [6, 6.07) is 18.4. The van der Waals surface area contributed by atoms with E-state index in [-0.39, 0.29) is 41.4 Å². The second kappa shape index (κ2) is 17.2. The summed E-state index contributed by atoms with van der Waals surface area (Å²) in [5.41, 5.74) is 0.457. The van der Waals surface area contributed by atoms with Crippen molar-refractivity contribution in [1.29, 1.82) is 5.26 Å². The first-order valence-corrected chi connectivity index (χ1v) is 13.4. The molecule has 3 aromatic rings. The van der Waals surface area contributed by atoms with Crippen LogP contribution < -0.4 is 18.9 Å². The standard InChI is InChI=1S/C33H29NO10/c1-3-30(35)41-19-5-17-39-26-11-7-23(8-12-26)32(37)43-28-15-16-29(25(21-28)22-34)44-33(38)24-9-13-27(14-10-24)40-18-6-20-42-31(36)4-2/h3-4,7-16,21H,1-2,5-6,17-20H2. The predicted octanol–water partition coefficient (Wildman–Crippen LogP) is 4.99. The van der Waals surface area contributed by atoms with Gasteiger partial charge < -0.3 is 28.4 Å². The molecule has 0 fully saturated rings. The van der Waals surface area contributed by atoms with E-state index in [1.54, 1.807) is 24.3 Å². The van der Waals surface area contributed by atoms with Crippen molar-refractivity contribution in [3.8, 4) is 29.1 Å². The Kier molecular flexibility index (Phi) is 12.7. The fourth-order valence-corrected chi connectivity index (χ4v) is 3.41. The first-order valence-electron chi connectivity index (χ1n) is 13.4. The molecule has 226 valence electrons. The summed E-state index contributed by atoms with van der Waals surface area (Å²) in [5, 5.41) is 9.58. The molecule has 0 N–H and O–H groups in total. The first-order chi connectivity index (χ1) is 21.3. The summed E-state index contributed by atoms with van der Waals surface area (Å²) in [4.78, 5) is 47.3. The Morgan fingerprint density at radius 3 is 1.55 bits per heavy atom. The fraction of sp³-hybridized carbons (Fsp3) is 0.182. The van der Waals surface area contributed by atoms with Crippen molar-refractivity contribution in [3.05, 3.63) is 109 Å². The third kappa shape index (κ3) is 10.5. The molecule has 0 aliphatic heterocycles. The summed E-state index contributed by atoms with van der Waals surface area (Å²) in [6.07, 6.45) is 3.13. The van der Waals surface area contributed by atoms with Crippen LogP contribution in [0.2, 0.25) is 0 Å². The van der Waals surface area contributed by atoms with Gasteiger partial charge >= 0.3 is 23.9 Å². The van der Waals surface area contributed by atoms with Gasteiger partial charge in [0.25, 0.3) is 0 Å². The van der Waals surface area contributed by atoms with E-state index >= 15 is 0 Å². The van der Waals surface area contributed by atoms with Crippen LogP contribution in [0.15, 0.2) is 92.0 Å². The highest BCUT2D eigenvalue weighted by atomic mass is 16.5. The number of nitriles is 1. The van der Waals surface area contributed by atoms with Gasteiger partial charge in [0.2, 0.25) is 0 Å². The SMILES string of the molecule is C=CC(=O)OCCCOc1ccc(C(=O)Oc2ccc(OC(=O)c3ccc(OCCCOC(=O)C=C)cc3)c(C#N)c2)cc1. The van der Waals surface area contributed by atoms with Gasteiger partial charge in [-0.2, -0.15) is 5.26 Å². The van der Waals surface area contributed by atoms with Crippen molar-refractivity contribution in [2.75, 3.05) is 26.4 Å². The second-order valence-corrected chi connectivity index (χ2v) is 8.74. The molecule has 11 heteroatoms. The molecule has 0 unspecified atom stereocenters. The molecule has 0 aromatic heterocycles. The minimum absolute atomic E-state index is 0.00698. The van der Waals surface area contributed by atoms with E-state index < -0.39 is 23.9 Å². The van der Waals surface area contributed by atoms with E-state index in [2.05, 4.69) is 13.2 Å². The van der Waals surface area contributed by atoms with Gasteiger partial charge in [-0.3, -0.25) is 0 Å². The van der Waals surface area contributed by atoms with Gasteiger partial charge in [0.1, 0.15) is 29.1 Å². The van der Waals surface area contributed by atoms with Crippen LogP contribution in [-0.2, 0) is 19.1 Å². The third-order valence-electron chi connectivity index (χ3n) is 5.60. The number of esters is 4. The molecule has 0 atom stereocenters. The zero-order chi connectivity index (χ0) is 31.7. The van der Waals surface area contributed by atoms with E-state index in [0.717, 1.165) is 12.2 Å². The number of ether oxygens (including phenoxy) is 6. The molecule has 3 rings (SSSR count). The minimum Gasteiger partial charge on any atom is -0.493 e. The maximum absolute atomic E-state index is 12.7. The quantitative estimate of drug-likeness (QED) is 0.0949. The van der Waals surface area contributed by atoms with Crippen molar-refractivity contribution >= 4 is 23.9 Å². The molecule has 0 bridgehead atoms. The van der Waals surface area contributed by atoms with Gasteiger partial charge in [-0.15, -0.1) is 0 Å². The minimum atomic E-state index is -0.700. The molecule has 0 aliphatic rings. The van der Waals surface area contributed by atoms with E-state index in [4.69, 9.17) is 28.4 Å². The van der Waals surface area contributed by atoms with E-state index in [1.165, 1.54) is 42.5 Å². The summed E-state index contributed by atoms with van der Waals surface area (Å²) in [5.74, 6) is -1.27. The Bertz CT molecular complexity index is 1520. The second-order valence-electron chi connectivity index (χ2n) is 8.74. The number of hydrogen-bond acceptors (Lipinski definition) is 11. The normalized spacial score (nSPS) is 9.98. The summed E-state index contributed by atoms with van der Waals surface area (Å²) in [7, 11) is 0. The van der Waals surface area contributed by atoms with Crippen LogP contribution in [0.25, 0.3) is 0 Å². The van der Waals surface area contributed by atoms with Gasteiger partial charge in [-0.1, -0.05) is 13.2 Å². The Labute approximate surface area is 253 Å². The fourth-order valence-electron chi connectivity index (χ4n) is 3.41. The lowest BCUT2D eigenvalue weighted by atomic mass is 10.2. The predicted molar refractivity (Wildman–Crippen MR) is 156 cm³/mol. The van der Waals surface area contributed by atoms with Crippen molar-refractivity contribution in [2.45, 2.75) is 12.8 Å². The Balaban J connectivity index is 1.49. The third-order valence-corrected chi connectivity index (χ3v) is 5.60.